The highest BCUT2D eigenvalue weighted by Crippen LogP contribution is 2.48. The monoisotopic (exact) mass is 462 g/mol. The SMILES string of the molecule is CC1(C)CC(=O)C2=C(C1)Nc1ccccc1N(C(=S)NC1CC1)C2c1cccc([N+](=O)[O-])c1. The number of ketones is 1. The molecule has 1 saturated carbocycles. The molecule has 0 radical (unpaired) electrons. The Labute approximate surface area is 198 Å². The number of allylic oxidation sites excluding steroid dienone is 1. The number of carbonyl (C=O) groups excluding carboxylic acids is 1. The lowest BCUT2D eigenvalue weighted by atomic mass is 9.73. The summed E-state index contributed by atoms with van der Waals surface area (Å²) >= 11 is 5.88. The van der Waals surface area contributed by atoms with Gasteiger partial charge in [0.05, 0.1) is 22.3 Å². The molecule has 5 rings (SSSR count). The lowest BCUT2D eigenvalue weighted by Crippen LogP contribution is -2.45. The number of hydrogen-bond donors (Lipinski definition) is 2. The van der Waals surface area contributed by atoms with E-state index >= 15 is 0 Å². The fourth-order valence-electron chi connectivity index (χ4n) is 4.81. The summed E-state index contributed by atoms with van der Waals surface area (Å²) in [5.41, 5.74) is 3.67. The van der Waals surface area contributed by atoms with Crippen molar-refractivity contribution in [3.05, 3.63) is 75.5 Å². The Hall–Kier alpha value is -3.26. The Balaban J connectivity index is 1.75. The van der Waals surface area contributed by atoms with E-state index in [-0.39, 0.29) is 16.9 Å². The first-order chi connectivity index (χ1) is 15.7. The van der Waals surface area contributed by atoms with Gasteiger partial charge in [-0.3, -0.25) is 14.9 Å². The molecule has 0 spiro atoms. The minimum Gasteiger partial charge on any atom is -0.360 e. The molecule has 1 unspecified atom stereocenters. The summed E-state index contributed by atoms with van der Waals surface area (Å²) in [6.07, 6.45) is 3.21. The van der Waals surface area contributed by atoms with Gasteiger partial charge >= 0.3 is 0 Å². The third-order valence-corrected chi connectivity index (χ3v) is 6.74. The van der Waals surface area contributed by atoms with Crippen LogP contribution < -0.4 is 15.5 Å². The van der Waals surface area contributed by atoms with Gasteiger partial charge in [-0.15, -0.1) is 0 Å². The smallest absolute Gasteiger partial charge is 0.269 e. The summed E-state index contributed by atoms with van der Waals surface area (Å²) in [4.78, 5) is 26.8. The molecule has 7 nitrogen and oxygen atoms in total. The van der Waals surface area contributed by atoms with E-state index in [4.69, 9.17) is 12.2 Å². The molecular weight excluding hydrogens is 436 g/mol. The number of para-hydroxylation sites is 2. The summed E-state index contributed by atoms with van der Waals surface area (Å²) in [7, 11) is 0. The molecular formula is C25H26N4O3S. The molecule has 8 heteroatoms. The molecule has 2 N–H and O–H groups in total. The Morgan fingerprint density at radius 2 is 1.94 bits per heavy atom. The number of fused-ring (bicyclic) bond motifs is 1. The van der Waals surface area contributed by atoms with Gasteiger partial charge in [0.25, 0.3) is 5.69 Å². The molecule has 2 aromatic carbocycles. The molecule has 1 atom stereocenters. The molecule has 0 saturated heterocycles. The van der Waals surface area contributed by atoms with Crippen LogP contribution >= 0.6 is 12.2 Å². The third-order valence-electron chi connectivity index (χ3n) is 6.42. The van der Waals surface area contributed by atoms with E-state index in [0.29, 0.717) is 35.1 Å². The van der Waals surface area contributed by atoms with E-state index in [2.05, 4.69) is 24.5 Å². The van der Waals surface area contributed by atoms with Crippen LogP contribution in [0.25, 0.3) is 0 Å². The largest absolute Gasteiger partial charge is 0.360 e. The van der Waals surface area contributed by atoms with Crippen LogP contribution in [-0.4, -0.2) is 21.9 Å². The van der Waals surface area contributed by atoms with Crippen LogP contribution in [0.4, 0.5) is 17.1 Å². The molecule has 0 aromatic heterocycles. The van der Waals surface area contributed by atoms with Gasteiger partial charge in [-0.2, -0.15) is 0 Å². The fourth-order valence-corrected chi connectivity index (χ4v) is 5.18. The second kappa shape index (κ2) is 7.95. The van der Waals surface area contributed by atoms with Crippen LogP contribution in [0.5, 0.6) is 0 Å². The van der Waals surface area contributed by atoms with Crippen LogP contribution in [0.15, 0.2) is 59.8 Å². The maximum Gasteiger partial charge on any atom is 0.269 e. The zero-order valence-electron chi connectivity index (χ0n) is 18.6. The van der Waals surface area contributed by atoms with Crippen molar-refractivity contribution in [2.45, 2.75) is 51.6 Å². The van der Waals surface area contributed by atoms with Crippen molar-refractivity contribution < 1.29 is 9.72 Å². The predicted octanol–water partition coefficient (Wildman–Crippen LogP) is 5.25. The number of hydrogen-bond acceptors (Lipinski definition) is 5. The lowest BCUT2D eigenvalue weighted by molar-refractivity contribution is -0.384. The number of non-ortho nitro benzene ring substituents is 1. The Bertz CT molecular complexity index is 1200. The number of thiocarbonyl (C=S) groups is 1. The summed E-state index contributed by atoms with van der Waals surface area (Å²) in [5, 5.41) is 19.0. The summed E-state index contributed by atoms with van der Waals surface area (Å²) in [6.45, 7) is 4.18. The van der Waals surface area contributed by atoms with Gasteiger partial charge in [-0.1, -0.05) is 38.1 Å². The molecule has 3 aliphatic rings. The standard InChI is InChI=1S/C25H26N4O3S/c1-25(2)13-19-22(21(30)14-25)23(15-6-5-7-17(12-15)29(31)32)28(24(33)26-16-10-11-16)20-9-4-3-8-18(20)27-19/h3-9,12,16,23,27H,10-11,13-14H2,1-2H3,(H,26,33). The minimum atomic E-state index is -0.571. The number of benzene rings is 2. The van der Waals surface area contributed by atoms with Crippen molar-refractivity contribution in [2.24, 2.45) is 5.41 Å². The zero-order valence-corrected chi connectivity index (χ0v) is 19.4. The molecule has 2 aromatic rings. The normalized spacial score (nSPS) is 21.5. The van der Waals surface area contributed by atoms with Crippen LogP contribution in [0.2, 0.25) is 0 Å². The number of nitro groups is 1. The first-order valence-electron chi connectivity index (χ1n) is 11.2. The number of carbonyl (C=O) groups is 1. The van der Waals surface area contributed by atoms with Gasteiger partial charge in [0.2, 0.25) is 0 Å². The molecule has 1 aliphatic heterocycles. The third kappa shape index (κ3) is 4.11. The summed E-state index contributed by atoms with van der Waals surface area (Å²) in [5.74, 6) is 0.0392. The Kier molecular flexibility index (Phi) is 5.20. The number of anilines is 2. The van der Waals surface area contributed by atoms with Crippen molar-refractivity contribution in [3.63, 3.8) is 0 Å². The van der Waals surface area contributed by atoms with Crippen molar-refractivity contribution in [1.82, 2.24) is 5.32 Å². The first-order valence-corrected chi connectivity index (χ1v) is 11.6. The Morgan fingerprint density at radius 1 is 1.18 bits per heavy atom. The van der Waals surface area contributed by atoms with E-state index in [1.54, 1.807) is 12.1 Å². The van der Waals surface area contributed by atoms with Gasteiger partial charge in [0, 0.05) is 35.9 Å². The fraction of sp³-hybridized carbons (Fsp3) is 0.360. The van der Waals surface area contributed by atoms with Gasteiger partial charge in [0.15, 0.2) is 10.9 Å². The van der Waals surface area contributed by atoms with Crippen LogP contribution in [-0.2, 0) is 4.79 Å². The number of nitro benzene ring substituents is 1. The number of nitrogens with one attached hydrogen (secondary N) is 2. The van der Waals surface area contributed by atoms with Crippen molar-refractivity contribution >= 4 is 40.2 Å². The molecule has 1 heterocycles. The number of Topliss-reactive ketones (excluding diaryl/α,β-unsaturated/α-hetero) is 1. The van der Waals surface area contributed by atoms with Gasteiger partial charge in [0.1, 0.15) is 0 Å². The molecule has 2 aliphatic carbocycles. The number of rotatable bonds is 3. The van der Waals surface area contributed by atoms with Gasteiger partial charge < -0.3 is 15.5 Å². The highest BCUT2D eigenvalue weighted by molar-refractivity contribution is 7.80. The first kappa shape index (κ1) is 21.6. The summed E-state index contributed by atoms with van der Waals surface area (Å²) in [6, 6.07) is 14.1. The van der Waals surface area contributed by atoms with E-state index in [0.717, 1.165) is 29.9 Å². The minimum absolute atomic E-state index is 0.00949. The van der Waals surface area contributed by atoms with E-state index < -0.39 is 11.0 Å². The maximum atomic E-state index is 13.6. The van der Waals surface area contributed by atoms with Crippen LogP contribution in [0, 0.1) is 15.5 Å². The molecule has 0 amide bonds. The van der Waals surface area contributed by atoms with E-state index in [9.17, 15) is 14.9 Å². The van der Waals surface area contributed by atoms with E-state index in [1.165, 1.54) is 6.07 Å². The van der Waals surface area contributed by atoms with Gasteiger partial charge in [-0.05, 0) is 54.6 Å². The number of nitrogens with zero attached hydrogens (tertiary/aromatic N) is 2. The van der Waals surface area contributed by atoms with Crippen molar-refractivity contribution in [2.75, 3.05) is 10.2 Å². The highest BCUT2D eigenvalue weighted by Gasteiger charge is 2.43. The average molecular weight is 463 g/mol. The van der Waals surface area contributed by atoms with Crippen LogP contribution in [0.3, 0.4) is 0 Å². The van der Waals surface area contributed by atoms with Gasteiger partial charge in [-0.25, -0.2) is 0 Å². The lowest BCUT2D eigenvalue weighted by Gasteiger charge is -2.38. The zero-order chi connectivity index (χ0) is 23.3. The molecule has 33 heavy (non-hydrogen) atoms. The molecule has 170 valence electrons. The van der Waals surface area contributed by atoms with Crippen molar-refractivity contribution in [1.29, 1.82) is 0 Å². The van der Waals surface area contributed by atoms with Crippen molar-refractivity contribution in [3.8, 4) is 0 Å². The average Bonchev–Trinajstić information content (AvgIpc) is 3.57. The molecule has 1 fully saturated rings. The topological polar surface area (TPSA) is 87.5 Å². The predicted molar refractivity (Wildman–Crippen MR) is 132 cm³/mol. The summed E-state index contributed by atoms with van der Waals surface area (Å²) < 4.78 is 0. The maximum absolute atomic E-state index is 13.6. The van der Waals surface area contributed by atoms with E-state index in [1.807, 2.05) is 35.2 Å². The second-order valence-electron chi connectivity index (χ2n) is 9.82. The quantitative estimate of drug-likeness (QED) is 0.366. The second-order valence-corrected chi connectivity index (χ2v) is 10.2. The Morgan fingerprint density at radius 3 is 2.67 bits per heavy atom. The highest BCUT2D eigenvalue weighted by atomic mass is 32.1. The van der Waals surface area contributed by atoms with Crippen LogP contribution in [0.1, 0.15) is 51.1 Å². The molecule has 0 bridgehead atoms.